The summed E-state index contributed by atoms with van der Waals surface area (Å²) < 4.78 is 13.6. The Morgan fingerprint density at radius 3 is 2.67 bits per heavy atom. The van der Waals surface area contributed by atoms with Crippen molar-refractivity contribution in [1.82, 2.24) is 4.98 Å². The number of halogens is 1. The van der Waals surface area contributed by atoms with Crippen LogP contribution in [0.2, 0.25) is 0 Å². The number of nitrogens with zero attached hydrogens (tertiary/aromatic N) is 1. The number of benzene rings is 1. The smallest absolute Gasteiger partial charge is 0.221 e. The van der Waals surface area contributed by atoms with Gasteiger partial charge in [-0.05, 0) is 39.0 Å². The van der Waals surface area contributed by atoms with Crippen molar-refractivity contribution in [2.45, 2.75) is 33.7 Å². The second-order valence-electron chi connectivity index (χ2n) is 4.92. The van der Waals surface area contributed by atoms with Crippen LogP contribution in [-0.4, -0.2) is 10.9 Å². The third kappa shape index (κ3) is 3.78. The van der Waals surface area contributed by atoms with E-state index in [4.69, 9.17) is 0 Å². The monoisotopic (exact) mass is 307 g/mol. The Morgan fingerprint density at radius 2 is 2.10 bits per heavy atom. The van der Waals surface area contributed by atoms with Crippen LogP contribution in [0.5, 0.6) is 0 Å². The van der Waals surface area contributed by atoms with E-state index in [0.29, 0.717) is 0 Å². The summed E-state index contributed by atoms with van der Waals surface area (Å²) in [5.74, 6) is -0.749. The lowest BCUT2D eigenvalue weighted by Crippen LogP contribution is -2.10. The molecule has 112 valence electrons. The minimum Gasteiger partial charge on any atom is -0.378 e. The highest BCUT2D eigenvalue weighted by molar-refractivity contribution is 7.11. The van der Waals surface area contributed by atoms with Crippen LogP contribution in [0.3, 0.4) is 0 Å². The van der Waals surface area contributed by atoms with Gasteiger partial charge in [-0.15, -0.1) is 11.3 Å². The summed E-state index contributed by atoms with van der Waals surface area (Å²) in [4.78, 5) is 16.6. The highest BCUT2D eigenvalue weighted by Gasteiger charge is 2.13. The van der Waals surface area contributed by atoms with E-state index < -0.39 is 5.82 Å². The maximum atomic E-state index is 13.6. The summed E-state index contributed by atoms with van der Waals surface area (Å²) in [5.41, 5.74) is 1.93. The Hall–Kier alpha value is -1.95. The molecular formula is C15H18FN3OS. The summed E-state index contributed by atoms with van der Waals surface area (Å²) in [6.45, 7) is 7.33. The molecule has 1 aromatic carbocycles. The molecule has 6 heteroatoms. The van der Waals surface area contributed by atoms with Gasteiger partial charge >= 0.3 is 0 Å². The molecule has 1 aromatic heterocycles. The summed E-state index contributed by atoms with van der Waals surface area (Å²) in [7, 11) is 0. The van der Waals surface area contributed by atoms with Crippen molar-refractivity contribution in [2.75, 3.05) is 10.6 Å². The molecule has 4 nitrogen and oxygen atoms in total. The average Bonchev–Trinajstić information content (AvgIpc) is 2.72. The molecule has 2 N–H and O–H groups in total. The largest absolute Gasteiger partial charge is 0.378 e. The maximum Gasteiger partial charge on any atom is 0.221 e. The van der Waals surface area contributed by atoms with Crippen LogP contribution in [0.1, 0.15) is 35.5 Å². The van der Waals surface area contributed by atoms with Crippen molar-refractivity contribution < 1.29 is 9.18 Å². The fourth-order valence-electron chi connectivity index (χ4n) is 2.16. The Kier molecular flexibility index (Phi) is 4.57. The van der Waals surface area contributed by atoms with Crippen LogP contribution in [0.4, 0.5) is 15.8 Å². The van der Waals surface area contributed by atoms with Gasteiger partial charge in [-0.2, -0.15) is 0 Å². The number of hydrogen-bond donors (Lipinski definition) is 2. The number of carbonyl (C=O) groups excluding carboxylic acids is 1. The lowest BCUT2D eigenvalue weighted by molar-refractivity contribution is -0.114. The second-order valence-corrected chi connectivity index (χ2v) is 6.16. The Labute approximate surface area is 127 Å². The summed E-state index contributed by atoms with van der Waals surface area (Å²) in [5, 5.41) is 6.81. The van der Waals surface area contributed by atoms with E-state index in [2.05, 4.69) is 15.6 Å². The van der Waals surface area contributed by atoms with Crippen LogP contribution in [0.25, 0.3) is 0 Å². The second kappa shape index (κ2) is 6.22. The number of amides is 1. The highest BCUT2D eigenvalue weighted by Crippen LogP contribution is 2.29. The SMILES string of the molecule is CC(=O)Nc1cc(NC(C)c2sc(C)nc2C)ccc1F. The van der Waals surface area contributed by atoms with E-state index in [1.807, 2.05) is 20.8 Å². The standard InChI is InChI=1S/C15H18FN3OS/c1-8-15(21-11(4)17-8)9(2)18-12-5-6-13(16)14(7-12)19-10(3)20/h5-7,9,18H,1-4H3,(H,19,20). The molecule has 0 saturated heterocycles. The van der Waals surface area contributed by atoms with Crippen molar-refractivity contribution >= 4 is 28.6 Å². The van der Waals surface area contributed by atoms with Crippen LogP contribution in [-0.2, 0) is 4.79 Å². The van der Waals surface area contributed by atoms with Gasteiger partial charge in [-0.25, -0.2) is 9.37 Å². The summed E-state index contributed by atoms with van der Waals surface area (Å²) in [6.07, 6.45) is 0. The highest BCUT2D eigenvalue weighted by atomic mass is 32.1. The molecule has 1 unspecified atom stereocenters. The fourth-order valence-corrected chi connectivity index (χ4v) is 3.09. The van der Waals surface area contributed by atoms with Gasteiger partial charge in [0.25, 0.3) is 0 Å². The van der Waals surface area contributed by atoms with Crippen molar-refractivity contribution in [3.63, 3.8) is 0 Å². The number of nitrogens with one attached hydrogen (secondary N) is 2. The number of rotatable bonds is 4. The minimum atomic E-state index is -0.451. The fraction of sp³-hybridized carbons (Fsp3) is 0.333. The molecule has 2 aromatic rings. The van der Waals surface area contributed by atoms with Gasteiger partial charge in [-0.3, -0.25) is 4.79 Å². The first kappa shape index (κ1) is 15.4. The first-order chi connectivity index (χ1) is 9.86. The van der Waals surface area contributed by atoms with Gasteiger partial charge in [0.05, 0.1) is 22.4 Å². The first-order valence-electron chi connectivity index (χ1n) is 6.64. The summed E-state index contributed by atoms with van der Waals surface area (Å²) >= 11 is 1.64. The average molecular weight is 307 g/mol. The molecule has 0 aliphatic rings. The molecule has 0 fully saturated rings. The van der Waals surface area contributed by atoms with E-state index in [1.165, 1.54) is 13.0 Å². The third-order valence-electron chi connectivity index (χ3n) is 2.99. The zero-order valence-electron chi connectivity index (χ0n) is 12.5. The normalized spacial score (nSPS) is 12.0. The predicted octanol–water partition coefficient (Wildman–Crippen LogP) is 4.03. The van der Waals surface area contributed by atoms with Crippen molar-refractivity contribution in [2.24, 2.45) is 0 Å². The minimum absolute atomic E-state index is 0.0619. The Morgan fingerprint density at radius 1 is 1.38 bits per heavy atom. The molecule has 1 atom stereocenters. The quantitative estimate of drug-likeness (QED) is 0.896. The van der Waals surface area contributed by atoms with E-state index in [-0.39, 0.29) is 17.6 Å². The Balaban J connectivity index is 2.19. The molecule has 0 radical (unpaired) electrons. The molecule has 1 amide bonds. The van der Waals surface area contributed by atoms with E-state index in [0.717, 1.165) is 21.3 Å². The molecule has 21 heavy (non-hydrogen) atoms. The molecule has 0 saturated carbocycles. The molecule has 2 rings (SSSR count). The van der Waals surface area contributed by atoms with Crippen molar-refractivity contribution in [3.05, 3.63) is 39.6 Å². The molecule has 0 bridgehead atoms. The predicted molar refractivity (Wildman–Crippen MR) is 84.3 cm³/mol. The van der Waals surface area contributed by atoms with Crippen LogP contribution in [0.15, 0.2) is 18.2 Å². The summed E-state index contributed by atoms with van der Waals surface area (Å²) in [6, 6.07) is 4.65. The third-order valence-corrected chi connectivity index (χ3v) is 4.25. The molecule has 0 spiro atoms. The maximum absolute atomic E-state index is 13.6. The van der Waals surface area contributed by atoms with E-state index in [9.17, 15) is 9.18 Å². The number of aryl methyl sites for hydroxylation is 2. The topological polar surface area (TPSA) is 54.0 Å². The van der Waals surface area contributed by atoms with Crippen LogP contribution >= 0.6 is 11.3 Å². The van der Waals surface area contributed by atoms with Gasteiger partial charge in [0.15, 0.2) is 0 Å². The zero-order valence-corrected chi connectivity index (χ0v) is 13.3. The number of aromatic nitrogens is 1. The van der Waals surface area contributed by atoms with Crippen molar-refractivity contribution in [1.29, 1.82) is 0 Å². The first-order valence-corrected chi connectivity index (χ1v) is 7.46. The molecule has 1 heterocycles. The Bertz CT molecular complexity index is 669. The number of hydrogen-bond acceptors (Lipinski definition) is 4. The van der Waals surface area contributed by atoms with E-state index >= 15 is 0 Å². The molecule has 0 aliphatic carbocycles. The van der Waals surface area contributed by atoms with E-state index in [1.54, 1.807) is 23.5 Å². The van der Waals surface area contributed by atoms with Gasteiger partial charge in [0, 0.05) is 17.5 Å². The van der Waals surface area contributed by atoms with Gasteiger partial charge < -0.3 is 10.6 Å². The van der Waals surface area contributed by atoms with Crippen LogP contribution < -0.4 is 10.6 Å². The number of carbonyl (C=O) groups is 1. The zero-order chi connectivity index (χ0) is 15.6. The number of anilines is 2. The van der Waals surface area contributed by atoms with Gasteiger partial charge in [0.2, 0.25) is 5.91 Å². The lowest BCUT2D eigenvalue weighted by Gasteiger charge is -2.15. The van der Waals surface area contributed by atoms with Crippen molar-refractivity contribution in [3.8, 4) is 0 Å². The van der Waals surface area contributed by atoms with Gasteiger partial charge in [0.1, 0.15) is 5.82 Å². The molecular weight excluding hydrogens is 289 g/mol. The number of thiazole rings is 1. The van der Waals surface area contributed by atoms with Gasteiger partial charge in [-0.1, -0.05) is 0 Å². The molecule has 0 aliphatic heterocycles. The van der Waals surface area contributed by atoms with Crippen LogP contribution in [0, 0.1) is 19.7 Å². The lowest BCUT2D eigenvalue weighted by atomic mass is 10.2.